The second-order valence-corrected chi connectivity index (χ2v) is 8.04. The van der Waals surface area contributed by atoms with Crippen LogP contribution in [0.5, 0.6) is 0 Å². The molecular formula is C13H26N4O2S2. The lowest BCUT2D eigenvalue weighted by Gasteiger charge is -2.10. The highest BCUT2D eigenvalue weighted by Gasteiger charge is 2.24. The molecule has 0 aliphatic rings. The second kappa shape index (κ2) is 8.17. The van der Waals surface area contributed by atoms with E-state index in [1.807, 2.05) is 13.3 Å². The Balaban J connectivity index is 2.85. The molecule has 8 heteroatoms. The molecule has 0 fully saturated rings. The normalized spacial score (nSPS) is 13.6. The third-order valence-electron chi connectivity index (χ3n) is 3.40. The molecular weight excluding hydrogens is 308 g/mol. The number of aromatic nitrogens is 2. The van der Waals surface area contributed by atoms with Gasteiger partial charge in [0.2, 0.25) is 10.0 Å². The Hall–Kier alpha value is -0.570. The highest BCUT2D eigenvalue weighted by Crippen LogP contribution is 2.19. The first-order valence-electron chi connectivity index (χ1n) is 7.04. The molecule has 0 bridgehead atoms. The molecule has 0 radical (unpaired) electrons. The first-order chi connectivity index (χ1) is 9.83. The van der Waals surface area contributed by atoms with Crippen molar-refractivity contribution in [3.8, 4) is 0 Å². The maximum Gasteiger partial charge on any atom is 0.244 e. The van der Waals surface area contributed by atoms with Crippen LogP contribution >= 0.6 is 11.8 Å². The molecule has 0 aromatic carbocycles. The van der Waals surface area contributed by atoms with E-state index < -0.39 is 10.0 Å². The highest BCUT2D eigenvalue weighted by atomic mass is 32.2. The summed E-state index contributed by atoms with van der Waals surface area (Å²) in [5, 5.41) is 7.80. The van der Waals surface area contributed by atoms with Crippen LogP contribution in [0.4, 0.5) is 0 Å². The monoisotopic (exact) mass is 334 g/mol. The number of aryl methyl sites for hydroxylation is 1. The Bertz CT molecular complexity index is 555. The van der Waals surface area contributed by atoms with E-state index in [9.17, 15) is 8.42 Å². The van der Waals surface area contributed by atoms with Crippen molar-refractivity contribution in [2.45, 2.75) is 43.9 Å². The minimum atomic E-state index is -3.49. The minimum Gasteiger partial charge on any atom is -0.318 e. The largest absolute Gasteiger partial charge is 0.318 e. The Labute approximate surface area is 132 Å². The SMILES string of the molecule is CNCCn1nc(C)c(S(=O)(=O)NCCC(C)SC)c1C. The summed E-state index contributed by atoms with van der Waals surface area (Å²) in [5.41, 5.74) is 1.24. The van der Waals surface area contributed by atoms with Gasteiger partial charge in [-0.2, -0.15) is 16.9 Å². The van der Waals surface area contributed by atoms with Crippen molar-refractivity contribution in [2.24, 2.45) is 0 Å². The van der Waals surface area contributed by atoms with E-state index >= 15 is 0 Å². The van der Waals surface area contributed by atoms with Crippen LogP contribution in [0.3, 0.4) is 0 Å². The van der Waals surface area contributed by atoms with Crippen LogP contribution in [0.25, 0.3) is 0 Å². The molecule has 0 aliphatic carbocycles. The minimum absolute atomic E-state index is 0.315. The molecule has 0 saturated carbocycles. The van der Waals surface area contributed by atoms with Gasteiger partial charge in [0.15, 0.2) is 0 Å². The Morgan fingerprint density at radius 2 is 2.00 bits per heavy atom. The van der Waals surface area contributed by atoms with Crippen LogP contribution in [-0.2, 0) is 16.6 Å². The molecule has 1 aromatic heterocycles. The zero-order valence-corrected chi connectivity index (χ0v) is 15.1. The number of sulfonamides is 1. The maximum absolute atomic E-state index is 12.4. The smallest absolute Gasteiger partial charge is 0.244 e. The fourth-order valence-electron chi connectivity index (χ4n) is 2.09. The molecule has 6 nitrogen and oxygen atoms in total. The Morgan fingerprint density at radius 1 is 1.33 bits per heavy atom. The zero-order chi connectivity index (χ0) is 16.0. The van der Waals surface area contributed by atoms with Crippen LogP contribution < -0.4 is 10.0 Å². The number of nitrogens with one attached hydrogen (secondary N) is 2. The topological polar surface area (TPSA) is 76.0 Å². The van der Waals surface area contributed by atoms with Gasteiger partial charge in [-0.05, 0) is 33.6 Å². The van der Waals surface area contributed by atoms with Crippen molar-refractivity contribution in [3.63, 3.8) is 0 Å². The van der Waals surface area contributed by atoms with Gasteiger partial charge < -0.3 is 5.32 Å². The van der Waals surface area contributed by atoms with Crippen molar-refractivity contribution in [3.05, 3.63) is 11.4 Å². The third kappa shape index (κ3) is 4.98. The molecule has 0 aliphatic heterocycles. The summed E-state index contributed by atoms with van der Waals surface area (Å²) in [7, 11) is -1.63. The van der Waals surface area contributed by atoms with Crippen molar-refractivity contribution in [2.75, 3.05) is 26.4 Å². The molecule has 1 rings (SSSR count). The van der Waals surface area contributed by atoms with Gasteiger partial charge >= 0.3 is 0 Å². The van der Waals surface area contributed by atoms with Gasteiger partial charge in [-0.15, -0.1) is 0 Å². The summed E-state index contributed by atoms with van der Waals surface area (Å²) >= 11 is 1.73. The number of rotatable bonds is 9. The third-order valence-corrected chi connectivity index (χ3v) is 6.16. The standard InChI is InChI=1S/C13H26N4O2S2/c1-10(20-5)6-7-15-21(18,19)13-11(2)16-17(12(13)3)9-8-14-4/h10,14-15H,6-9H2,1-5H3. The van der Waals surface area contributed by atoms with E-state index in [0.29, 0.717) is 34.6 Å². The molecule has 1 atom stereocenters. The van der Waals surface area contributed by atoms with Crippen LogP contribution in [0.1, 0.15) is 24.7 Å². The summed E-state index contributed by atoms with van der Waals surface area (Å²) in [6.45, 7) is 7.48. The fraction of sp³-hybridized carbons (Fsp3) is 0.769. The van der Waals surface area contributed by atoms with Crippen LogP contribution in [0.2, 0.25) is 0 Å². The highest BCUT2D eigenvalue weighted by molar-refractivity contribution is 7.99. The van der Waals surface area contributed by atoms with Gasteiger partial charge in [-0.3, -0.25) is 4.68 Å². The lowest BCUT2D eigenvalue weighted by Crippen LogP contribution is -2.27. The van der Waals surface area contributed by atoms with E-state index in [2.05, 4.69) is 22.1 Å². The van der Waals surface area contributed by atoms with Gasteiger partial charge in [-0.1, -0.05) is 6.92 Å². The van der Waals surface area contributed by atoms with Gasteiger partial charge in [0.1, 0.15) is 4.90 Å². The lowest BCUT2D eigenvalue weighted by molar-refractivity contribution is 0.563. The predicted octanol–water partition coefficient (Wildman–Crippen LogP) is 1.14. The first kappa shape index (κ1) is 18.5. The zero-order valence-electron chi connectivity index (χ0n) is 13.4. The summed E-state index contributed by atoms with van der Waals surface area (Å²) in [5.74, 6) is 0. The molecule has 0 spiro atoms. The number of likely N-dealkylation sites (N-methyl/N-ethyl adjacent to an activating group) is 1. The number of nitrogens with zero attached hydrogens (tertiary/aromatic N) is 2. The molecule has 122 valence electrons. The van der Waals surface area contributed by atoms with Gasteiger partial charge in [0, 0.05) is 18.3 Å². The average molecular weight is 335 g/mol. The van der Waals surface area contributed by atoms with Gasteiger partial charge in [-0.25, -0.2) is 13.1 Å². The Kier molecular flexibility index (Phi) is 7.19. The predicted molar refractivity (Wildman–Crippen MR) is 88.4 cm³/mol. The summed E-state index contributed by atoms with van der Waals surface area (Å²) < 4.78 is 29.3. The molecule has 1 aromatic rings. The summed E-state index contributed by atoms with van der Waals surface area (Å²) in [6.07, 6.45) is 2.84. The fourth-order valence-corrected chi connectivity index (χ4v) is 3.90. The molecule has 1 heterocycles. The van der Waals surface area contributed by atoms with Crippen molar-refractivity contribution in [1.29, 1.82) is 0 Å². The summed E-state index contributed by atoms with van der Waals surface area (Å²) in [6, 6.07) is 0. The maximum atomic E-state index is 12.4. The van der Waals surface area contributed by atoms with Crippen LogP contribution in [-0.4, -0.2) is 49.8 Å². The average Bonchev–Trinajstić information content (AvgIpc) is 2.71. The van der Waals surface area contributed by atoms with E-state index in [-0.39, 0.29) is 0 Å². The molecule has 0 saturated heterocycles. The van der Waals surface area contributed by atoms with Crippen LogP contribution in [0, 0.1) is 13.8 Å². The van der Waals surface area contributed by atoms with Gasteiger partial charge in [0.25, 0.3) is 0 Å². The lowest BCUT2D eigenvalue weighted by atomic mass is 10.3. The second-order valence-electron chi connectivity index (χ2n) is 5.06. The molecule has 1 unspecified atom stereocenters. The molecule has 2 N–H and O–H groups in total. The molecule has 0 amide bonds. The first-order valence-corrected chi connectivity index (χ1v) is 9.81. The van der Waals surface area contributed by atoms with Crippen molar-refractivity contribution >= 4 is 21.8 Å². The van der Waals surface area contributed by atoms with E-state index in [0.717, 1.165) is 13.0 Å². The van der Waals surface area contributed by atoms with Crippen molar-refractivity contribution in [1.82, 2.24) is 19.8 Å². The van der Waals surface area contributed by atoms with E-state index in [1.165, 1.54) is 0 Å². The quantitative estimate of drug-likeness (QED) is 0.708. The van der Waals surface area contributed by atoms with E-state index in [4.69, 9.17) is 0 Å². The number of hydrogen-bond acceptors (Lipinski definition) is 5. The molecule has 21 heavy (non-hydrogen) atoms. The number of thioether (sulfide) groups is 1. The summed E-state index contributed by atoms with van der Waals surface area (Å²) in [4.78, 5) is 0.315. The number of hydrogen-bond donors (Lipinski definition) is 2. The van der Waals surface area contributed by atoms with Crippen molar-refractivity contribution < 1.29 is 8.42 Å². The van der Waals surface area contributed by atoms with E-state index in [1.54, 1.807) is 30.3 Å². The van der Waals surface area contributed by atoms with Crippen LogP contribution in [0.15, 0.2) is 4.90 Å². The van der Waals surface area contributed by atoms with Gasteiger partial charge in [0.05, 0.1) is 17.9 Å². The Morgan fingerprint density at radius 3 is 2.57 bits per heavy atom.